The van der Waals surface area contributed by atoms with Crippen LogP contribution in [0, 0.1) is 0 Å². The first-order valence-corrected chi connectivity index (χ1v) is 38.0. The fourth-order valence-electron chi connectivity index (χ4n) is 14.5. The number of hydrogen-bond acceptors (Lipinski definition) is 4. The number of rotatable bonds is 10. The molecule has 0 amide bonds. The van der Waals surface area contributed by atoms with Crippen molar-refractivity contribution >= 4 is 103 Å². The highest BCUT2D eigenvalue weighted by atomic mass is 35.5. The van der Waals surface area contributed by atoms with E-state index in [0.717, 1.165) is 47.0 Å². The normalized spacial score (nSPS) is 13.5. The maximum Gasteiger partial charge on any atom is 0.252 e. The topological polar surface area (TPSA) is 13.0 Å². The molecule has 6 heteroatoms. The molecular weight excluding hydrogens is 1260 g/mol. The molecule has 0 spiro atoms. The summed E-state index contributed by atoms with van der Waals surface area (Å²) in [5.41, 5.74) is 31.5. The molecule has 0 aromatic heterocycles. The second kappa shape index (κ2) is 27.4. The minimum atomic E-state index is 0.0228. The summed E-state index contributed by atoms with van der Waals surface area (Å²) >= 11 is 7.76. The van der Waals surface area contributed by atoms with E-state index in [-0.39, 0.29) is 50.0 Å². The van der Waals surface area contributed by atoms with Crippen molar-refractivity contribution in [3.05, 3.63) is 267 Å². The van der Waals surface area contributed by atoms with Gasteiger partial charge in [0.15, 0.2) is 0 Å². The van der Waals surface area contributed by atoms with Crippen LogP contribution in [-0.4, -0.2) is 6.71 Å². The second-order valence-electron chi connectivity index (χ2n) is 37.3. The van der Waals surface area contributed by atoms with Crippen LogP contribution in [0.1, 0.15) is 236 Å². The predicted molar refractivity (Wildman–Crippen MR) is 450 cm³/mol. The number of anilines is 12. The first-order valence-electron chi connectivity index (χ1n) is 37.6. The van der Waals surface area contributed by atoms with E-state index >= 15 is 0 Å². The molecular formula is C96H116BClN4. The van der Waals surface area contributed by atoms with Crippen LogP contribution in [0.2, 0.25) is 5.02 Å². The number of fused-ring (bicyclic) bond motifs is 4. The van der Waals surface area contributed by atoms with Crippen molar-refractivity contribution in [2.45, 2.75) is 236 Å². The molecule has 102 heavy (non-hydrogen) atoms. The molecule has 10 aromatic carbocycles. The first kappa shape index (κ1) is 74.9. The molecule has 0 atom stereocenters. The van der Waals surface area contributed by atoms with Crippen molar-refractivity contribution in [3.63, 3.8) is 0 Å². The molecule has 0 saturated heterocycles. The highest BCUT2D eigenvalue weighted by Gasteiger charge is 2.45. The van der Waals surface area contributed by atoms with E-state index in [1.807, 2.05) is 0 Å². The SMILES string of the molecule is CCc1cc(N(c2ccc(C(C)(C)C)cc2)c2ccc(C(C)(C)C)cc2)c(Cl)c(N(c2ccc(C(C)(C)C)cc2)c2ccc(C(C)(C)C)cc2)c1.CCc1cc2c3c(c1)N(c1ccc(C(C)(C)C)cc1)c1ccc(C(C)(C)C)cc1B3c1cc(C(C)(C)C)ccc1N2c1ccc(C(C)(C)C)cc1. The molecule has 2 heterocycles. The summed E-state index contributed by atoms with van der Waals surface area (Å²) in [5.74, 6) is 0. The summed E-state index contributed by atoms with van der Waals surface area (Å²) in [5, 5.41) is 0.701. The zero-order valence-corrected chi connectivity index (χ0v) is 67.5. The van der Waals surface area contributed by atoms with Crippen LogP contribution in [0.5, 0.6) is 0 Å². The Morgan fingerprint density at radius 1 is 0.275 bits per heavy atom. The van der Waals surface area contributed by atoms with E-state index < -0.39 is 0 Å². The van der Waals surface area contributed by atoms with E-state index in [4.69, 9.17) is 11.6 Å². The predicted octanol–water partition coefficient (Wildman–Crippen LogP) is 26.6. The molecule has 0 unspecified atom stereocenters. The maximum absolute atomic E-state index is 7.76. The number of hydrogen-bond donors (Lipinski definition) is 0. The standard InChI is InChI=1S/C48H57BN2.C48H59ClN2/c1-14-31-27-42-44-43(28-31)51(37-23-17-33(18-24-37)46(5,6)7)41-26-20-35(48(11,12)13)30-39(41)49(44)38-29-34(47(8,9)10)19-25-40(38)50(42)36-21-15-32(16-22-36)45(2,3)4;1-14-33-31-42(50(38-23-15-34(16-24-38)45(2,3)4)39-25-17-35(18-26-39)46(5,6)7)44(49)43(32-33)51(40-27-19-36(20-28-40)47(8,9)10)41-29-21-37(22-30-41)48(11,12)13/h15-30H,14H2,1-13H3;15-32H,14H2,1-13H3. The van der Waals surface area contributed by atoms with Gasteiger partial charge in [-0.2, -0.15) is 0 Å². The lowest BCUT2D eigenvalue weighted by molar-refractivity contribution is 0.590. The number of nitrogens with zero attached hydrogens (tertiary/aromatic N) is 4. The average Bonchev–Trinajstić information content (AvgIpc) is 0.695. The molecule has 2 aliphatic rings. The first-order chi connectivity index (χ1) is 47.4. The van der Waals surface area contributed by atoms with Gasteiger partial charge in [0, 0.05) is 56.9 Å². The van der Waals surface area contributed by atoms with Crippen molar-refractivity contribution in [1.82, 2.24) is 0 Å². The van der Waals surface area contributed by atoms with Gasteiger partial charge in [-0.25, -0.2) is 0 Å². The molecule has 0 bridgehead atoms. The Bertz CT molecular complexity index is 4230. The molecule has 0 N–H and O–H groups in total. The Kier molecular flexibility index (Phi) is 20.1. The van der Waals surface area contributed by atoms with Crippen molar-refractivity contribution in [1.29, 1.82) is 0 Å². The van der Waals surface area contributed by atoms with Gasteiger partial charge in [-0.05, 0) is 237 Å². The van der Waals surface area contributed by atoms with Gasteiger partial charge in [0.2, 0.25) is 0 Å². The van der Waals surface area contributed by atoms with Crippen LogP contribution >= 0.6 is 11.6 Å². The van der Waals surface area contributed by atoms with Crippen LogP contribution < -0.4 is 36.0 Å². The van der Waals surface area contributed by atoms with Crippen molar-refractivity contribution in [2.75, 3.05) is 19.6 Å². The van der Waals surface area contributed by atoms with E-state index in [1.54, 1.807) is 0 Å². The van der Waals surface area contributed by atoms with Gasteiger partial charge < -0.3 is 19.6 Å². The maximum atomic E-state index is 7.76. The Hall–Kier alpha value is -8.25. The summed E-state index contributed by atoms with van der Waals surface area (Å²) in [4.78, 5) is 9.77. The molecule has 0 radical (unpaired) electrons. The van der Waals surface area contributed by atoms with E-state index in [1.165, 1.54) is 106 Å². The van der Waals surface area contributed by atoms with E-state index in [9.17, 15) is 0 Å². The average molecular weight is 1370 g/mol. The highest BCUT2D eigenvalue weighted by Crippen LogP contribution is 2.51. The van der Waals surface area contributed by atoms with Crippen molar-refractivity contribution < 1.29 is 0 Å². The van der Waals surface area contributed by atoms with Crippen LogP contribution in [0.3, 0.4) is 0 Å². The lowest BCUT2D eigenvalue weighted by Gasteiger charge is -2.45. The lowest BCUT2D eigenvalue weighted by atomic mass is 9.33. The molecule has 530 valence electrons. The number of aryl methyl sites for hydroxylation is 2. The Morgan fingerprint density at radius 2 is 0.500 bits per heavy atom. The molecule has 12 rings (SSSR count). The summed E-state index contributed by atoms with van der Waals surface area (Å²) in [6.45, 7) is 59.5. The quantitative estimate of drug-likeness (QED) is 0.127. The minimum Gasteiger partial charge on any atom is -0.311 e. The van der Waals surface area contributed by atoms with E-state index in [0.29, 0.717) is 5.02 Å². The third kappa shape index (κ3) is 15.4. The van der Waals surface area contributed by atoms with Crippen LogP contribution in [0.4, 0.5) is 68.2 Å². The Balaban J connectivity index is 0.000000205. The molecule has 4 nitrogen and oxygen atoms in total. The summed E-state index contributed by atoms with van der Waals surface area (Å²) < 4.78 is 0. The molecule has 10 aromatic rings. The second-order valence-corrected chi connectivity index (χ2v) is 37.7. The summed E-state index contributed by atoms with van der Waals surface area (Å²) in [6, 6.07) is 78.7. The minimum absolute atomic E-state index is 0.0228. The number of halogens is 1. The monoisotopic (exact) mass is 1370 g/mol. The highest BCUT2D eigenvalue weighted by molar-refractivity contribution is 7.00. The fraction of sp³-hybridized carbons (Fsp3) is 0.375. The third-order valence-corrected chi connectivity index (χ3v) is 21.6. The van der Waals surface area contributed by atoms with Crippen LogP contribution in [0.15, 0.2) is 206 Å². The lowest BCUT2D eigenvalue weighted by Crippen LogP contribution is -2.61. The Morgan fingerprint density at radius 3 is 0.735 bits per heavy atom. The van der Waals surface area contributed by atoms with Crippen molar-refractivity contribution in [2.24, 2.45) is 0 Å². The molecule has 0 aliphatic carbocycles. The van der Waals surface area contributed by atoms with Gasteiger partial charge in [0.05, 0.1) is 16.4 Å². The van der Waals surface area contributed by atoms with Gasteiger partial charge in [-0.15, -0.1) is 0 Å². The molecule has 2 aliphatic heterocycles. The smallest absolute Gasteiger partial charge is 0.252 e. The van der Waals surface area contributed by atoms with Crippen molar-refractivity contribution in [3.8, 4) is 0 Å². The summed E-state index contributed by atoms with van der Waals surface area (Å²) in [7, 11) is 0. The Labute approximate surface area is 621 Å². The summed E-state index contributed by atoms with van der Waals surface area (Å²) in [6.07, 6.45) is 1.83. The fourth-order valence-corrected chi connectivity index (χ4v) is 14.7. The third-order valence-electron chi connectivity index (χ3n) is 21.2. The van der Waals surface area contributed by atoms with Gasteiger partial charge in [0.1, 0.15) is 0 Å². The largest absolute Gasteiger partial charge is 0.311 e. The zero-order chi connectivity index (χ0) is 74.4. The van der Waals surface area contributed by atoms with Crippen LogP contribution in [-0.2, 0) is 56.2 Å². The van der Waals surface area contributed by atoms with Gasteiger partial charge in [-0.3, -0.25) is 0 Å². The zero-order valence-electron chi connectivity index (χ0n) is 66.8. The van der Waals surface area contributed by atoms with Gasteiger partial charge >= 0.3 is 0 Å². The molecule has 0 fully saturated rings. The van der Waals surface area contributed by atoms with Gasteiger partial charge in [-0.1, -0.05) is 289 Å². The van der Waals surface area contributed by atoms with E-state index in [2.05, 4.69) is 406 Å². The molecule has 0 saturated carbocycles. The number of benzene rings is 10. The van der Waals surface area contributed by atoms with Gasteiger partial charge in [0.25, 0.3) is 6.71 Å². The van der Waals surface area contributed by atoms with Crippen LogP contribution in [0.25, 0.3) is 0 Å².